The van der Waals surface area contributed by atoms with E-state index in [1.54, 1.807) is 52.7 Å². The molecule has 1 aliphatic heterocycles. The van der Waals surface area contributed by atoms with Gasteiger partial charge in [-0.25, -0.2) is 0 Å². The highest BCUT2D eigenvalue weighted by Crippen LogP contribution is 2.36. The van der Waals surface area contributed by atoms with E-state index in [2.05, 4.69) is 17.2 Å². The predicted octanol–water partition coefficient (Wildman–Crippen LogP) is 3.65. The molecule has 1 aromatic rings. The molecule has 1 heterocycles. The molecule has 10 heteroatoms. The molecule has 204 valence electrons. The van der Waals surface area contributed by atoms with Crippen LogP contribution in [-0.2, 0) is 19.2 Å². The van der Waals surface area contributed by atoms with Gasteiger partial charge in [-0.3, -0.25) is 24.0 Å². The van der Waals surface area contributed by atoms with Crippen LogP contribution in [0.15, 0.2) is 30.4 Å². The zero-order valence-corrected chi connectivity index (χ0v) is 24.0. The van der Waals surface area contributed by atoms with Crippen molar-refractivity contribution in [2.75, 3.05) is 18.9 Å². The zero-order valence-electron chi connectivity index (χ0n) is 21.8. The number of rotatable bonds is 11. The number of Topliss-reactive ketones (excluding diaryl/α,β-unsaturated/α-hetero) is 2. The summed E-state index contributed by atoms with van der Waals surface area (Å²) in [4.78, 5) is 75.2. The third kappa shape index (κ3) is 6.75. The molecular formula is C28H34IN3O6. The molecule has 0 radical (unpaired) electrons. The lowest BCUT2D eigenvalue weighted by atomic mass is 9.73. The highest BCUT2D eigenvalue weighted by atomic mass is 127. The van der Waals surface area contributed by atoms with Crippen molar-refractivity contribution in [3.8, 4) is 0 Å². The van der Waals surface area contributed by atoms with E-state index in [1.807, 2.05) is 0 Å². The van der Waals surface area contributed by atoms with Crippen LogP contribution in [0.5, 0.6) is 0 Å². The number of piperidine rings is 1. The van der Waals surface area contributed by atoms with Gasteiger partial charge < -0.3 is 20.3 Å². The maximum absolute atomic E-state index is 13.5. The summed E-state index contributed by atoms with van der Waals surface area (Å²) in [5.41, 5.74) is -0.174. The van der Waals surface area contributed by atoms with Crippen LogP contribution in [0.25, 0.3) is 0 Å². The average Bonchev–Trinajstić information content (AvgIpc) is 2.91. The summed E-state index contributed by atoms with van der Waals surface area (Å²) in [6, 6.07) is 5.15. The minimum atomic E-state index is -1.20. The molecule has 0 bridgehead atoms. The number of ketones is 2. The quantitative estimate of drug-likeness (QED) is 0.125. The van der Waals surface area contributed by atoms with Crippen molar-refractivity contribution in [2.45, 2.75) is 70.4 Å². The highest BCUT2D eigenvalue weighted by Gasteiger charge is 2.41. The maximum atomic E-state index is 13.5. The van der Waals surface area contributed by atoms with E-state index in [9.17, 15) is 28.8 Å². The van der Waals surface area contributed by atoms with Crippen LogP contribution in [0, 0.1) is 5.41 Å². The number of hydrogen-bond donors (Lipinski definition) is 2. The van der Waals surface area contributed by atoms with E-state index in [4.69, 9.17) is 0 Å². The Balaban J connectivity index is 1.73. The predicted molar refractivity (Wildman–Crippen MR) is 151 cm³/mol. The van der Waals surface area contributed by atoms with Gasteiger partial charge in [0, 0.05) is 61.8 Å². The van der Waals surface area contributed by atoms with Crippen molar-refractivity contribution in [2.24, 2.45) is 5.41 Å². The number of anilines is 1. The number of amides is 2. The van der Waals surface area contributed by atoms with Crippen molar-refractivity contribution < 1.29 is 28.8 Å². The first kappa shape index (κ1) is 29.7. The number of hydrogen-bond acceptors (Lipinski definition) is 7. The van der Waals surface area contributed by atoms with E-state index < -0.39 is 11.2 Å². The number of halogens is 1. The molecule has 0 spiro atoms. The summed E-state index contributed by atoms with van der Waals surface area (Å²) < 4.78 is -0.0327. The summed E-state index contributed by atoms with van der Waals surface area (Å²) in [6.45, 7) is 5.31. The minimum Gasteiger partial charge on any atom is -0.382 e. The molecule has 2 amide bonds. The second kappa shape index (κ2) is 12.8. The van der Waals surface area contributed by atoms with E-state index >= 15 is 0 Å². The summed E-state index contributed by atoms with van der Waals surface area (Å²) in [7, 11) is 1.78. The third-order valence-corrected chi connectivity index (χ3v) is 8.23. The van der Waals surface area contributed by atoms with Crippen molar-refractivity contribution >= 4 is 61.7 Å². The minimum absolute atomic E-state index is 0.00181. The largest absolute Gasteiger partial charge is 0.382 e. The molecule has 1 unspecified atom stereocenters. The van der Waals surface area contributed by atoms with E-state index in [0.29, 0.717) is 12.0 Å². The first-order valence-corrected chi connectivity index (χ1v) is 13.9. The number of nitrogens with zero attached hydrogens (tertiary/aromatic N) is 1. The molecule has 1 atom stereocenters. The SMILES string of the molecule is C=C(C(=O)c1cccc(NC2CCC(N(C)C(=O)CCC(=O)I)CC2)c1C(C)=O)C1(C=O)CCC(=O)NC1. The van der Waals surface area contributed by atoms with Crippen molar-refractivity contribution in [3.05, 3.63) is 41.5 Å². The molecule has 0 aromatic heterocycles. The lowest BCUT2D eigenvalue weighted by molar-refractivity contribution is -0.133. The average molecular weight is 635 g/mol. The van der Waals surface area contributed by atoms with Crippen LogP contribution in [0.2, 0.25) is 0 Å². The van der Waals surface area contributed by atoms with Crippen LogP contribution in [0.4, 0.5) is 5.69 Å². The van der Waals surface area contributed by atoms with Crippen LogP contribution in [-0.4, -0.2) is 64.0 Å². The Morgan fingerprint density at radius 2 is 1.87 bits per heavy atom. The number of nitrogens with one attached hydrogen (secondary N) is 2. The monoisotopic (exact) mass is 635 g/mol. The lowest BCUT2D eigenvalue weighted by Gasteiger charge is -2.36. The van der Waals surface area contributed by atoms with Crippen molar-refractivity contribution in [1.82, 2.24) is 10.2 Å². The normalized spacial score (nSPS) is 23.1. The topological polar surface area (TPSA) is 130 Å². The van der Waals surface area contributed by atoms with Gasteiger partial charge in [0.15, 0.2) is 15.4 Å². The van der Waals surface area contributed by atoms with Crippen LogP contribution in [0.1, 0.15) is 79.0 Å². The van der Waals surface area contributed by atoms with Gasteiger partial charge in [-0.05, 0) is 67.7 Å². The Morgan fingerprint density at radius 3 is 2.42 bits per heavy atom. The fraction of sp³-hybridized carbons (Fsp3) is 0.500. The van der Waals surface area contributed by atoms with Gasteiger partial charge in [0.25, 0.3) is 0 Å². The van der Waals surface area contributed by atoms with Gasteiger partial charge in [0.05, 0.1) is 11.0 Å². The third-order valence-electron chi connectivity index (χ3n) is 7.69. The molecule has 1 saturated carbocycles. The number of carbonyl (C=O) groups is 6. The number of aldehydes is 1. The Kier molecular flexibility index (Phi) is 9.97. The van der Waals surface area contributed by atoms with E-state index in [0.717, 1.165) is 25.7 Å². The fourth-order valence-electron chi connectivity index (χ4n) is 5.24. The summed E-state index contributed by atoms with van der Waals surface area (Å²) in [6.07, 6.45) is 4.50. The summed E-state index contributed by atoms with van der Waals surface area (Å²) in [5, 5.41) is 6.07. The Bertz CT molecular complexity index is 1150. The molecule has 2 aliphatic rings. The van der Waals surface area contributed by atoms with Crippen molar-refractivity contribution in [3.63, 3.8) is 0 Å². The number of benzene rings is 1. The first-order chi connectivity index (χ1) is 18.0. The van der Waals surface area contributed by atoms with E-state index in [1.165, 1.54) is 6.92 Å². The Morgan fingerprint density at radius 1 is 1.18 bits per heavy atom. The molecule has 1 aromatic carbocycles. The van der Waals surface area contributed by atoms with Gasteiger partial charge in [-0.1, -0.05) is 18.7 Å². The van der Waals surface area contributed by atoms with Gasteiger partial charge in [0.2, 0.25) is 11.8 Å². The summed E-state index contributed by atoms with van der Waals surface area (Å²) >= 11 is 1.70. The molecule has 2 N–H and O–H groups in total. The van der Waals surface area contributed by atoms with Crippen molar-refractivity contribution in [1.29, 1.82) is 0 Å². The summed E-state index contributed by atoms with van der Waals surface area (Å²) in [5.74, 6) is -0.997. The standard InChI is InChI=1S/C28H34IN3O6/c1-17(28(16-33)14-13-24(36)30-15-28)27(38)21-5-4-6-22(26(21)18(2)34)31-19-7-9-20(10-8-19)32(3)25(37)12-11-23(29)35/h4-6,16,19-20,31H,1,7-15H2,2-3H3,(H,30,36). The highest BCUT2D eigenvalue weighted by molar-refractivity contribution is 14.1. The molecule has 1 saturated heterocycles. The van der Waals surface area contributed by atoms with Gasteiger partial charge >= 0.3 is 0 Å². The molecule has 1 aliphatic carbocycles. The van der Waals surface area contributed by atoms with Gasteiger partial charge in [0.1, 0.15) is 6.29 Å². The second-order valence-corrected chi connectivity index (χ2v) is 11.4. The number of carbonyl (C=O) groups excluding carboxylic acids is 6. The first-order valence-electron chi connectivity index (χ1n) is 12.8. The Labute approximate surface area is 236 Å². The van der Waals surface area contributed by atoms with Crippen LogP contribution < -0.4 is 10.6 Å². The lowest BCUT2D eigenvalue weighted by Crippen LogP contribution is -2.46. The van der Waals surface area contributed by atoms with Gasteiger partial charge in [-0.15, -0.1) is 0 Å². The smallest absolute Gasteiger partial charge is 0.223 e. The molecular weight excluding hydrogens is 601 g/mol. The Hall–Kier alpha value is -2.89. The maximum Gasteiger partial charge on any atom is 0.223 e. The molecule has 38 heavy (non-hydrogen) atoms. The molecule has 3 rings (SSSR count). The fourth-order valence-corrected chi connectivity index (χ4v) is 5.51. The molecule has 9 nitrogen and oxygen atoms in total. The second-order valence-electron chi connectivity index (χ2n) is 10.2. The molecule has 2 fully saturated rings. The van der Waals surface area contributed by atoms with Crippen LogP contribution in [0.3, 0.4) is 0 Å². The van der Waals surface area contributed by atoms with Gasteiger partial charge in [-0.2, -0.15) is 0 Å². The van der Waals surface area contributed by atoms with E-state index in [-0.39, 0.29) is 82.4 Å². The zero-order chi connectivity index (χ0) is 28.0. The van der Waals surface area contributed by atoms with Crippen LogP contribution >= 0.6 is 22.6 Å².